The molecule has 0 unspecified atom stereocenters. The van der Waals surface area contributed by atoms with Gasteiger partial charge in [-0.3, -0.25) is 9.59 Å². The maximum absolute atomic E-state index is 12.5. The van der Waals surface area contributed by atoms with Crippen molar-refractivity contribution in [3.8, 4) is 17.6 Å². The fraction of sp³-hybridized carbons (Fsp3) is 0.353. The molecule has 0 fully saturated rings. The van der Waals surface area contributed by atoms with E-state index in [1.165, 1.54) is 6.08 Å². The zero-order chi connectivity index (χ0) is 16.8. The van der Waals surface area contributed by atoms with Crippen LogP contribution in [-0.2, 0) is 16.0 Å². The van der Waals surface area contributed by atoms with Gasteiger partial charge in [-0.05, 0) is 18.1 Å². The zero-order valence-corrected chi connectivity index (χ0v) is 12.9. The lowest BCUT2D eigenvalue weighted by atomic mass is 9.87. The number of benzene rings is 1. The topological polar surface area (TPSA) is 88.4 Å². The second-order valence-corrected chi connectivity index (χ2v) is 5.18. The van der Waals surface area contributed by atoms with Crippen molar-refractivity contribution >= 4 is 11.7 Å². The molecule has 0 aliphatic carbocycles. The van der Waals surface area contributed by atoms with E-state index in [2.05, 4.69) is 11.9 Å². The van der Waals surface area contributed by atoms with Crippen molar-refractivity contribution in [2.24, 2.45) is 11.8 Å². The lowest BCUT2D eigenvalue weighted by molar-refractivity contribution is -0.134. The highest BCUT2D eigenvalue weighted by atomic mass is 16.5. The summed E-state index contributed by atoms with van der Waals surface area (Å²) in [5.74, 6) is -1.53. The van der Waals surface area contributed by atoms with Gasteiger partial charge >= 0.3 is 0 Å². The van der Waals surface area contributed by atoms with Crippen molar-refractivity contribution in [2.45, 2.75) is 6.42 Å². The molecule has 6 heteroatoms. The Morgan fingerprint density at radius 3 is 3.04 bits per heavy atom. The second-order valence-electron chi connectivity index (χ2n) is 5.18. The van der Waals surface area contributed by atoms with E-state index < -0.39 is 23.5 Å². The lowest BCUT2D eigenvalue weighted by Crippen LogP contribution is -2.40. The number of Topliss-reactive ketones (excluding diaryl/α,β-unsaturated/α-hetero) is 1. The van der Waals surface area contributed by atoms with Gasteiger partial charge in [0.1, 0.15) is 11.5 Å². The maximum Gasteiger partial charge on any atom is 0.245 e. The van der Waals surface area contributed by atoms with E-state index in [1.54, 1.807) is 25.3 Å². The highest BCUT2D eigenvalue weighted by molar-refractivity contribution is 6.05. The fourth-order valence-electron chi connectivity index (χ4n) is 2.42. The summed E-state index contributed by atoms with van der Waals surface area (Å²) in [5, 5.41) is 11.6. The van der Waals surface area contributed by atoms with Crippen molar-refractivity contribution in [1.29, 1.82) is 5.26 Å². The molecule has 6 nitrogen and oxygen atoms in total. The maximum atomic E-state index is 12.5. The molecule has 1 aliphatic rings. The summed E-state index contributed by atoms with van der Waals surface area (Å²) >= 11 is 0. The van der Waals surface area contributed by atoms with E-state index >= 15 is 0 Å². The number of amides is 1. The number of hydrogen-bond donors (Lipinski definition) is 1. The van der Waals surface area contributed by atoms with Gasteiger partial charge in [-0.2, -0.15) is 5.26 Å². The minimum Gasteiger partial charge on any atom is -0.497 e. The number of nitrogens with one attached hydrogen (secondary N) is 1. The number of ketones is 1. The number of nitriles is 1. The van der Waals surface area contributed by atoms with Crippen LogP contribution in [0, 0.1) is 23.2 Å². The van der Waals surface area contributed by atoms with E-state index in [1.807, 2.05) is 6.07 Å². The molecule has 1 aromatic carbocycles. The molecule has 1 heterocycles. The molecule has 1 amide bonds. The molecule has 120 valence electrons. The second kappa shape index (κ2) is 7.45. The molecule has 0 bridgehead atoms. The number of ether oxygens (including phenoxy) is 2. The van der Waals surface area contributed by atoms with Crippen LogP contribution in [0.3, 0.4) is 0 Å². The van der Waals surface area contributed by atoms with Gasteiger partial charge in [0.15, 0.2) is 11.7 Å². The first kappa shape index (κ1) is 16.6. The molecule has 0 saturated carbocycles. The molecule has 1 aromatic rings. The summed E-state index contributed by atoms with van der Waals surface area (Å²) < 4.78 is 10.7. The van der Waals surface area contributed by atoms with E-state index in [0.717, 1.165) is 5.56 Å². The van der Waals surface area contributed by atoms with E-state index in [-0.39, 0.29) is 13.2 Å². The third kappa shape index (κ3) is 3.69. The van der Waals surface area contributed by atoms with Crippen LogP contribution in [0.1, 0.15) is 5.56 Å². The molecule has 0 saturated heterocycles. The number of carbonyl (C=O) groups is 2. The van der Waals surface area contributed by atoms with Gasteiger partial charge in [0.2, 0.25) is 5.91 Å². The quantitative estimate of drug-likeness (QED) is 0.631. The molecule has 0 spiro atoms. The van der Waals surface area contributed by atoms with Gasteiger partial charge in [0.25, 0.3) is 0 Å². The van der Waals surface area contributed by atoms with Gasteiger partial charge < -0.3 is 14.8 Å². The first-order chi connectivity index (χ1) is 11.1. The number of fused-ring (bicyclic) bond motifs is 1. The largest absolute Gasteiger partial charge is 0.497 e. The van der Waals surface area contributed by atoms with Crippen LogP contribution in [0.2, 0.25) is 0 Å². The monoisotopic (exact) mass is 314 g/mol. The molecular formula is C17H18N2O4. The Hall–Kier alpha value is -2.81. The van der Waals surface area contributed by atoms with Crippen LogP contribution in [0.5, 0.6) is 11.5 Å². The van der Waals surface area contributed by atoms with Crippen molar-refractivity contribution in [1.82, 2.24) is 5.32 Å². The molecule has 1 aliphatic heterocycles. The highest BCUT2D eigenvalue weighted by Gasteiger charge is 2.35. The Kier molecular flexibility index (Phi) is 5.36. The van der Waals surface area contributed by atoms with Crippen molar-refractivity contribution in [3.63, 3.8) is 0 Å². The Labute approximate surface area is 134 Å². The fourth-order valence-corrected chi connectivity index (χ4v) is 2.42. The lowest BCUT2D eigenvalue weighted by Gasteiger charge is -2.25. The van der Waals surface area contributed by atoms with Crippen molar-refractivity contribution in [3.05, 3.63) is 36.4 Å². The summed E-state index contributed by atoms with van der Waals surface area (Å²) in [4.78, 5) is 24.3. The average Bonchev–Trinajstić information content (AvgIpc) is 2.59. The number of methoxy groups -OCH3 is 1. The van der Waals surface area contributed by atoms with Crippen LogP contribution in [0.15, 0.2) is 30.9 Å². The summed E-state index contributed by atoms with van der Waals surface area (Å²) in [5.41, 5.74) is 0.860. The molecule has 0 aromatic heterocycles. The number of hydrogen-bond acceptors (Lipinski definition) is 5. The van der Waals surface area contributed by atoms with Crippen LogP contribution in [0.25, 0.3) is 0 Å². The zero-order valence-electron chi connectivity index (χ0n) is 12.9. The van der Waals surface area contributed by atoms with E-state index in [9.17, 15) is 9.59 Å². The van der Waals surface area contributed by atoms with Crippen LogP contribution >= 0.6 is 0 Å². The summed E-state index contributed by atoms with van der Waals surface area (Å²) in [6.07, 6.45) is 1.93. The smallest absolute Gasteiger partial charge is 0.245 e. The Balaban J connectivity index is 2.10. The van der Waals surface area contributed by atoms with Gasteiger partial charge in [-0.25, -0.2) is 0 Å². The van der Waals surface area contributed by atoms with E-state index in [0.29, 0.717) is 17.9 Å². The molecule has 2 atom stereocenters. The Morgan fingerprint density at radius 2 is 2.39 bits per heavy atom. The highest BCUT2D eigenvalue weighted by Crippen LogP contribution is 2.32. The summed E-state index contributed by atoms with van der Waals surface area (Å²) in [7, 11) is 1.57. The minimum atomic E-state index is -1.33. The molecule has 23 heavy (non-hydrogen) atoms. The Morgan fingerprint density at radius 1 is 1.61 bits per heavy atom. The van der Waals surface area contributed by atoms with Crippen LogP contribution in [-0.4, -0.2) is 32.0 Å². The number of nitrogens with zero attached hydrogens (tertiary/aromatic N) is 1. The molecule has 0 radical (unpaired) electrons. The number of rotatable bonds is 6. The SMILES string of the molecule is C=CCNC(=O)[C@H](C#N)C(=O)[C@H]1COc2cc(OC)ccc2C1. The van der Waals surface area contributed by atoms with Gasteiger partial charge in [0, 0.05) is 12.6 Å². The first-order valence-electron chi connectivity index (χ1n) is 7.22. The predicted molar refractivity (Wildman–Crippen MR) is 83.0 cm³/mol. The molecule has 2 rings (SSSR count). The van der Waals surface area contributed by atoms with Crippen molar-refractivity contribution < 1.29 is 19.1 Å². The third-order valence-corrected chi connectivity index (χ3v) is 3.68. The number of carbonyl (C=O) groups excluding carboxylic acids is 2. The normalized spacial score (nSPS) is 17.0. The van der Waals surface area contributed by atoms with Gasteiger partial charge in [0.05, 0.1) is 25.7 Å². The first-order valence-corrected chi connectivity index (χ1v) is 7.22. The summed E-state index contributed by atoms with van der Waals surface area (Å²) in [6, 6.07) is 7.15. The average molecular weight is 314 g/mol. The standard InChI is InChI=1S/C17H18N2O4/c1-3-6-19-17(21)14(9-18)16(20)12-7-11-4-5-13(22-2)8-15(11)23-10-12/h3-5,8,12,14H,1,6-7,10H2,2H3,(H,19,21)/t12-,14-/m1/s1. The predicted octanol–water partition coefficient (Wildman–Crippen LogP) is 1.26. The van der Waals surface area contributed by atoms with E-state index in [4.69, 9.17) is 14.7 Å². The van der Waals surface area contributed by atoms with Crippen LogP contribution < -0.4 is 14.8 Å². The Bertz CT molecular complexity index is 663. The third-order valence-electron chi connectivity index (χ3n) is 3.68. The van der Waals surface area contributed by atoms with Gasteiger partial charge in [-0.1, -0.05) is 12.1 Å². The molecule has 1 N–H and O–H groups in total. The van der Waals surface area contributed by atoms with Crippen LogP contribution in [0.4, 0.5) is 0 Å². The molecular weight excluding hydrogens is 296 g/mol. The minimum absolute atomic E-state index is 0.145. The summed E-state index contributed by atoms with van der Waals surface area (Å²) in [6.45, 7) is 3.84. The van der Waals surface area contributed by atoms with Crippen molar-refractivity contribution in [2.75, 3.05) is 20.3 Å². The van der Waals surface area contributed by atoms with Gasteiger partial charge in [-0.15, -0.1) is 6.58 Å².